The highest BCUT2D eigenvalue weighted by Gasteiger charge is 2.38. The largest absolute Gasteiger partial charge is 0.348 e. The molecule has 0 spiro atoms. The van der Waals surface area contributed by atoms with Crippen molar-refractivity contribution in [1.82, 2.24) is 4.90 Å². The standard InChI is InChI=1S/C13H19NO/c1-9-6-7-10-11(8-9)13(2,3)15-12(10)14(4)5/h6-8,12H,1-5H3. The van der Waals surface area contributed by atoms with E-state index in [1.54, 1.807) is 0 Å². The van der Waals surface area contributed by atoms with E-state index in [4.69, 9.17) is 4.74 Å². The van der Waals surface area contributed by atoms with Crippen LogP contribution in [-0.2, 0) is 10.3 Å². The van der Waals surface area contributed by atoms with E-state index < -0.39 is 0 Å². The van der Waals surface area contributed by atoms with Gasteiger partial charge in [0.15, 0.2) is 0 Å². The van der Waals surface area contributed by atoms with Crippen LogP contribution >= 0.6 is 0 Å². The van der Waals surface area contributed by atoms with Crippen LogP contribution in [0, 0.1) is 6.92 Å². The molecule has 1 aromatic rings. The molecule has 1 atom stereocenters. The fourth-order valence-corrected chi connectivity index (χ4v) is 2.20. The first-order chi connectivity index (χ1) is 6.92. The quantitative estimate of drug-likeness (QED) is 0.699. The normalized spacial score (nSPS) is 23.2. The summed E-state index contributed by atoms with van der Waals surface area (Å²) in [5, 5.41) is 0. The molecule has 2 nitrogen and oxygen atoms in total. The Balaban J connectivity index is 2.53. The fraction of sp³-hybridized carbons (Fsp3) is 0.538. The van der Waals surface area contributed by atoms with Crippen molar-refractivity contribution in [2.24, 2.45) is 0 Å². The molecule has 0 amide bonds. The van der Waals surface area contributed by atoms with Gasteiger partial charge in [-0.15, -0.1) is 0 Å². The van der Waals surface area contributed by atoms with Crippen molar-refractivity contribution < 1.29 is 4.74 Å². The van der Waals surface area contributed by atoms with Gasteiger partial charge >= 0.3 is 0 Å². The maximum Gasteiger partial charge on any atom is 0.137 e. The van der Waals surface area contributed by atoms with Gasteiger partial charge in [0.1, 0.15) is 6.23 Å². The zero-order chi connectivity index (χ0) is 11.2. The predicted molar refractivity (Wildman–Crippen MR) is 61.7 cm³/mol. The molecule has 0 saturated heterocycles. The van der Waals surface area contributed by atoms with Crippen molar-refractivity contribution in [3.8, 4) is 0 Å². The van der Waals surface area contributed by atoms with Crippen molar-refractivity contribution in [2.75, 3.05) is 14.1 Å². The van der Waals surface area contributed by atoms with Crippen LogP contribution in [0.4, 0.5) is 0 Å². The van der Waals surface area contributed by atoms with Crippen molar-refractivity contribution >= 4 is 0 Å². The molecule has 1 aliphatic heterocycles. The van der Waals surface area contributed by atoms with E-state index in [-0.39, 0.29) is 11.8 Å². The second-order valence-corrected chi connectivity index (χ2v) is 5.03. The monoisotopic (exact) mass is 205 g/mol. The van der Waals surface area contributed by atoms with Crippen LogP contribution in [-0.4, -0.2) is 19.0 Å². The van der Waals surface area contributed by atoms with Gasteiger partial charge in [0, 0.05) is 5.56 Å². The predicted octanol–water partition coefficient (Wildman–Crippen LogP) is 2.82. The maximum atomic E-state index is 6.06. The van der Waals surface area contributed by atoms with Crippen LogP contribution in [0.15, 0.2) is 18.2 Å². The van der Waals surface area contributed by atoms with Gasteiger partial charge in [-0.25, -0.2) is 0 Å². The van der Waals surface area contributed by atoms with Gasteiger partial charge in [-0.1, -0.05) is 23.8 Å². The average molecular weight is 205 g/mol. The minimum Gasteiger partial charge on any atom is -0.348 e. The molecule has 1 aromatic carbocycles. The van der Waals surface area contributed by atoms with Crippen molar-refractivity contribution in [3.05, 3.63) is 34.9 Å². The van der Waals surface area contributed by atoms with Gasteiger partial charge < -0.3 is 4.74 Å². The van der Waals surface area contributed by atoms with Gasteiger partial charge in [0.05, 0.1) is 5.60 Å². The molecule has 0 aliphatic carbocycles. The van der Waals surface area contributed by atoms with Crippen LogP contribution in [0.5, 0.6) is 0 Å². The van der Waals surface area contributed by atoms with Crippen molar-refractivity contribution in [1.29, 1.82) is 0 Å². The van der Waals surface area contributed by atoms with E-state index in [9.17, 15) is 0 Å². The highest BCUT2D eigenvalue weighted by Crippen LogP contribution is 2.43. The highest BCUT2D eigenvalue weighted by atomic mass is 16.5. The Labute approximate surface area is 91.9 Å². The number of aryl methyl sites for hydroxylation is 1. The number of benzene rings is 1. The molecule has 0 fully saturated rings. The molecular weight excluding hydrogens is 186 g/mol. The summed E-state index contributed by atoms with van der Waals surface area (Å²) in [6.45, 7) is 6.39. The molecule has 82 valence electrons. The maximum absolute atomic E-state index is 6.06. The Morgan fingerprint density at radius 3 is 2.53 bits per heavy atom. The summed E-state index contributed by atoms with van der Waals surface area (Å²) in [4.78, 5) is 2.11. The SMILES string of the molecule is Cc1ccc2c(c1)C(C)(C)OC2N(C)C. The Kier molecular flexibility index (Phi) is 2.36. The lowest BCUT2D eigenvalue weighted by Crippen LogP contribution is -2.23. The van der Waals surface area contributed by atoms with E-state index >= 15 is 0 Å². The summed E-state index contributed by atoms with van der Waals surface area (Å²) in [6, 6.07) is 6.57. The van der Waals surface area contributed by atoms with Gasteiger partial charge in [-0.2, -0.15) is 0 Å². The Morgan fingerprint density at radius 2 is 1.93 bits per heavy atom. The van der Waals surface area contributed by atoms with Gasteiger partial charge in [-0.3, -0.25) is 4.90 Å². The lowest BCUT2D eigenvalue weighted by molar-refractivity contribution is -0.110. The second kappa shape index (κ2) is 3.32. The topological polar surface area (TPSA) is 12.5 Å². The second-order valence-electron chi connectivity index (χ2n) is 5.03. The molecule has 0 N–H and O–H groups in total. The third-order valence-electron chi connectivity index (χ3n) is 3.00. The summed E-state index contributed by atoms with van der Waals surface area (Å²) in [5.41, 5.74) is 3.75. The summed E-state index contributed by atoms with van der Waals surface area (Å²) < 4.78 is 6.06. The smallest absolute Gasteiger partial charge is 0.137 e. The number of fused-ring (bicyclic) bond motifs is 1. The number of rotatable bonds is 1. The molecule has 1 heterocycles. The number of ether oxygens (including phenoxy) is 1. The van der Waals surface area contributed by atoms with E-state index in [1.807, 2.05) is 0 Å². The first kappa shape index (κ1) is 10.7. The average Bonchev–Trinajstić information content (AvgIpc) is 2.39. The van der Waals surface area contributed by atoms with Gasteiger partial charge in [0.2, 0.25) is 0 Å². The molecule has 2 rings (SSSR count). The fourth-order valence-electron chi connectivity index (χ4n) is 2.20. The van der Waals surface area contributed by atoms with Crippen LogP contribution in [0.25, 0.3) is 0 Å². The minimum atomic E-state index is -0.170. The van der Waals surface area contributed by atoms with Gasteiger partial charge in [-0.05, 0) is 40.4 Å². The van der Waals surface area contributed by atoms with Crippen molar-refractivity contribution in [3.63, 3.8) is 0 Å². The Hall–Kier alpha value is -0.860. The number of nitrogens with zero attached hydrogens (tertiary/aromatic N) is 1. The zero-order valence-electron chi connectivity index (χ0n) is 10.2. The first-order valence-corrected chi connectivity index (χ1v) is 5.37. The van der Waals surface area contributed by atoms with Gasteiger partial charge in [0.25, 0.3) is 0 Å². The minimum absolute atomic E-state index is 0.0931. The summed E-state index contributed by atoms with van der Waals surface area (Å²) in [7, 11) is 4.10. The number of hydrogen-bond acceptors (Lipinski definition) is 2. The third kappa shape index (κ3) is 1.68. The lowest BCUT2D eigenvalue weighted by atomic mass is 9.94. The van der Waals surface area contributed by atoms with E-state index in [0.717, 1.165) is 0 Å². The molecule has 0 radical (unpaired) electrons. The van der Waals surface area contributed by atoms with Crippen LogP contribution in [0.2, 0.25) is 0 Å². The molecule has 1 aliphatic rings. The molecular formula is C13H19NO. The third-order valence-corrected chi connectivity index (χ3v) is 3.00. The Bertz CT molecular complexity index is 382. The van der Waals surface area contributed by atoms with Crippen LogP contribution in [0.1, 0.15) is 36.8 Å². The molecule has 2 heteroatoms. The molecule has 0 aromatic heterocycles. The molecule has 15 heavy (non-hydrogen) atoms. The zero-order valence-corrected chi connectivity index (χ0v) is 10.2. The van der Waals surface area contributed by atoms with Crippen molar-refractivity contribution in [2.45, 2.75) is 32.6 Å². The van der Waals surface area contributed by atoms with E-state index in [1.165, 1.54) is 16.7 Å². The lowest BCUT2D eigenvalue weighted by Gasteiger charge is -2.24. The first-order valence-electron chi connectivity index (χ1n) is 5.37. The van der Waals surface area contributed by atoms with Crippen LogP contribution in [0.3, 0.4) is 0 Å². The highest BCUT2D eigenvalue weighted by molar-refractivity contribution is 5.39. The van der Waals surface area contributed by atoms with E-state index in [0.29, 0.717) is 0 Å². The molecule has 1 unspecified atom stereocenters. The summed E-state index contributed by atoms with van der Waals surface area (Å²) in [6.07, 6.45) is 0.0931. The van der Waals surface area contributed by atoms with Crippen LogP contribution < -0.4 is 0 Å². The molecule has 0 saturated carbocycles. The van der Waals surface area contributed by atoms with E-state index in [2.05, 4.69) is 58.0 Å². The summed E-state index contributed by atoms with van der Waals surface area (Å²) in [5.74, 6) is 0. The number of hydrogen-bond donors (Lipinski definition) is 0. The molecule has 0 bridgehead atoms. The summed E-state index contributed by atoms with van der Waals surface area (Å²) >= 11 is 0. The Morgan fingerprint density at radius 1 is 1.27 bits per heavy atom.